The molecule has 3 aromatic carbocycles. The molecule has 0 amide bonds. The van der Waals surface area contributed by atoms with Crippen LogP contribution in [0.15, 0.2) is 36.4 Å². The van der Waals surface area contributed by atoms with Crippen LogP contribution in [0.25, 0.3) is 37.9 Å². The first-order valence-electron chi connectivity index (χ1n) is 16.3. The number of halogens is 9. The first kappa shape index (κ1) is 38.2. The Bertz CT molecular complexity index is 2790. The molecule has 3 atom stereocenters. The largest absolute Gasteiger partial charge is 0.417 e. The van der Waals surface area contributed by atoms with Crippen molar-refractivity contribution < 1.29 is 39.5 Å². The van der Waals surface area contributed by atoms with Crippen LogP contribution in [0.4, 0.5) is 39.5 Å². The summed E-state index contributed by atoms with van der Waals surface area (Å²) in [5, 5.41) is 20.8. The Kier molecular flexibility index (Phi) is 8.91. The Balaban J connectivity index is 1.42. The molecule has 7 rings (SSSR count). The molecular weight excluding hydrogens is 771 g/mol. The van der Waals surface area contributed by atoms with Crippen LogP contribution in [0.3, 0.4) is 0 Å². The number of nitrogens with one attached hydrogen (secondary N) is 3. The maximum absolute atomic E-state index is 13.7. The molecule has 0 aliphatic rings. The van der Waals surface area contributed by atoms with Crippen LogP contribution in [0.2, 0.25) is 0 Å². The molecule has 4 aromatic heterocycles. The number of aromatic nitrogens is 9. The first-order chi connectivity index (χ1) is 26.7. The van der Waals surface area contributed by atoms with Crippen LogP contribution in [-0.4, -0.2) is 44.9 Å². The van der Waals surface area contributed by atoms with Gasteiger partial charge in [-0.3, -0.25) is 4.85 Å². The van der Waals surface area contributed by atoms with E-state index in [1.54, 1.807) is 12.1 Å². The number of alkyl halides is 9. The Morgan fingerprint density at radius 1 is 0.526 bits per heavy atom. The highest BCUT2D eigenvalue weighted by Crippen LogP contribution is 2.42. The predicted octanol–water partition coefficient (Wildman–Crippen LogP) is 8.80. The van der Waals surface area contributed by atoms with Gasteiger partial charge in [-0.2, -0.15) is 50.0 Å². The van der Waals surface area contributed by atoms with Gasteiger partial charge in [-0.05, 0) is 73.9 Å². The Morgan fingerprint density at radius 2 is 0.912 bits per heavy atom. The van der Waals surface area contributed by atoms with Gasteiger partial charge in [0.25, 0.3) is 0 Å². The van der Waals surface area contributed by atoms with Gasteiger partial charge in [-0.25, -0.2) is 36.5 Å². The zero-order valence-electron chi connectivity index (χ0n) is 29.1. The molecule has 0 fully saturated rings. The third-order valence-electron chi connectivity index (χ3n) is 9.16. The summed E-state index contributed by atoms with van der Waals surface area (Å²) < 4.78 is 123. The van der Waals surface area contributed by atoms with Crippen molar-refractivity contribution in [2.75, 3.05) is 0 Å². The van der Waals surface area contributed by atoms with Crippen LogP contribution in [0.1, 0.15) is 86.2 Å². The Labute approximate surface area is 313 Å². The molecule has 3 unspecified atom stereocenters. The summed E-state index contributed by atoms with van der Waals surface area (Å²) >= 11 is 0. The van der Waals surface area contributed by atoms with Crippen molar-refractivity contribution in [1.29, 1.82) is 10.5 Å². The van der Waals surface area contributed by atoms with E-state index >= 15 is 0 Å². The standard InChI is InChI=1S/C36H21F9N12/c1-13-5-21-22(6-14(13)2)50-28(49-21)16(11-46)30-55-31(17(12-47)29-51-25-9-19(35(40,41)42)20(36(43,44)45)10-26(25)52-29)57-33(56-30)27(48-4)32-53-23-7-15(3)18(34(37,38)39)8-24(23)54-32/h5-10,16-17,27H,1-3H3,(H,49,50)(H,51,52)(H,53,54). The quantitative estimate of drug-likeness (QED) is 0.111. The number of hydrogen-bond donors (Lipinski definition) is 3. The van der Waals surface area contributed by atoms with E-state index in [4.69, 9.17) is 6.57 Å². The third kappa shape index (κ3) is 6.90. The fourth-order valence-electron chi connectivity index (χ4n) is 6.26. The van der Waals surface area contributed by atoms with E-state index in [1.165, 1.54) is 13.0 Å². The predicted molar refractivity (Wildman–Crippen MR) is 181 cm³/mol. The van der Waals surface area contributed by atoms with Crippen molar-refractivity contribution in [2.45, 2.75) is 57.2 Å². The van der Waals surface area contributed by atoms with Crippen molar-refractivity contribution in [3.05, 3.63) is 116 Å². The Hall–Kier alpha value is -7.08. The summed E-state index contributed by atoms with van der Waals surface area (Å²) in [7, 11) is 0. The van der Waals surface area contributed by atoms with Gasteiger partial charge in [0.1, 0.15) is 11.6 Å². The summed E-state index contributed by atoms with van der Waals surface area (Å²) in [6.07, 6.45) is -15.6. The molecule has 7 aromatic rings. The van der Waals surface area contributed by atoms with Crippen LogP contribution in [0, 0.1) is 50.0 Å². The number of aryl methyl sites for hydroxylation is 3. The van der Waals surface area contributed by atoms with Crippen LogP contribution in [0.5, 0.6) is 0 Å². The summed E-state index contributed by atoms with van der Waals surface area (Å²) in [6.45, 7) is 13.0. The van der Waals surface area contributed by atoms with E-state index in [0.29, 0.717) is 11.0 Å². The van der Waals surface area contributed by atoms with Gasteiger partial charge in [-0.1, -0.05) is 0 Å². The molecule has 57 heavy (non-hydrogen) atoms. The summed E-state index contributed by atoms with van der Waals surface area (Å²) in [4.78, 5) is 37.4. The fourth-order valence-corrected chi connectivity index (χ4v) is 6.26. The second kappa shape index (κ2) is 13.3. The smallest absolute Gasteiger partial charge is 0.340 e. The molecule has 0 bridgehead atoms. The third-order valence-corrected chi connectivity index (χ3v) is 9.16. The number of imidazole rings is 3. The van der Waals surface area contributed by atoms with Gasteiger partial charge in [0.2, 0.25) is 5.82 Å². The zero-order chi connectivity index (χ0) is 41.4. The second-order valence-corrected chi connectivity index (χ2v) is 13.0. The minimum atomic E-state index is -5.43. The number of nitriles is 2. The van der Waals surface area contributed by atoms with Crippen molar-refractivity contribution in [2.24, 2.45) is 0 Å². The normalized spacial score (nSPS) is 14.1. The SMILES string of the molecule is [C-]#[N+]C(c1nc(C(C#N)c2nc3cc(C)c(C)cc3[nH]2)nc(C(C#N)c2nc3cc(C(F)(F)F)c(C(F)(F)F)cc3[nH]2)n1)c1nc2cc(C(F)(F)F)c(C)cc2[nH]1. The lowest BCUT2D eigenvalue weighted by molar-refractivity contribution is -0.161. The van der Waals surface area contributed by atoms with Gasteiger partial charge >= 0.3 is 24.6 Å². The van der Waals surface area contributed by atoms with Gasteiger partial charge < -0.3 is 15.0 Å². The molecule has 0 aliphatic heterocycles. The lowest BCUT2D eigenvalue weighted by Gasteiger charge is -2.15. The van der Waals surface area contributed by atoms with E-state index in [-0.39, 0.29) is 46.2 Å². The lowest BCUT2D eigenvalue weighted by atomic mass is 10.1. The van der Waals surface area contributed by atoms with Crippen molar-refractivity contribution in [1.82, 2.24) is 44.9 Å². The zero-order valence-corrected chi connectivity index (χ0v) is 29.1. The van der Waals surface area contributed by atoms with E-state index in [9.17, 15) is 50.0 Å². The van der Waals surface area contributed by atoms with Crippen molar-refractivity contribution in [3.8, 4) is 12.1 Å². The molecule has 288 valence electrons. The molecule has 3 N–H and O–H groups in total. The number of nitrogens with zero attached hydrogens (tertiary/aromatic N) is 9. The Morgan fingerprint density at radius 3 is 1.40 bits per heavy atom. The van der Waals surface area contributed by atoms with Gasteiger partial charge in [0, 0.05) is 0 Å². The van der Waals surface area contributed by atoms with E-state index in [2.05, 4.69) is 49.7 Å². The molecule has 0 saturated carbocycles. The van der Waals surface area contributed by atoms with E-state index < -0.39 is 81.6 Å². The molecule has 0 radical (unpaired) electrons. The van der Waals surface area contributed by atoms with Crippen molar-refractivity contribution in [3.63, 3.8) is 0 Å². The maximum Gasteiger partial charge on any atom is 0.417 e. The van der Waals surface area contributed by atoms with Gasteiger partial charge in [0.05, 0.1) is 61.9 Å². The van der Waals surface area contributed by atoms with Crippen molar-refractivity contribution >= 4 is 33.1 Å². The second-order valence-electron chi connectivity index (χ2n) is 13.0. The van der Waals surface area contributed by atoms with Crippen LogP contribution < -0.4 is 0 Å². The molecule has 0 aliphatic carbocycles. The number of benzene rings is 3. The lowest BCUT2D eigenvalue weighted by Crippen LogP contribution is -2.17. The van der Waals surface area contributed by atoms with E-state index in [1.807, 2.05) is 26.0 Å². The first-order valence-corrected chi connectivity index (χ1v) is 16.3. The molecule has 0 spiro atoms. The summed E-state index contributed by atoms with van der Waals surface area (Å²) in [5.74, 6) is -5.32. The average molecular weight is 793 g/mol. The minimum Gasteiger partial charge on any atom is -0.340 e. The van der Waals surface area contributed by atoms with Gasteiger partial charge in [-0.15, -0.1) is 0 Å². The number of fused-ring (bicyclic) bond motifs is 3. The fraction of sp³-hybridized carbons (Fsp3) is 0.250. The molecule has 12 nitrogen and oxygen atoms in total. The number of H-pyrrole nitrogens is 3. The molecule has 0 saturated heterocycles. The molecule has 4 heterocycles. The summed E-state index contributed by atoms with van der Waals surface area (Å²) in [6, 6.07) is 8.07. The number of rotatable bonds is 6. The summed E-state index contributed by atoms with van der Waals surface area (Å²) in [5.41, 5.74) is -3.51. The molecule has 21 heteroatoms. The van der Waals surface area contributed by atoms with Crippen LogP contribution >= 0.6 is 0 Å². The monoisotopic (exact) mass is 792 g/mol. The minimum absolute atomic E-state index is 0.0236. The van der Waals surface area contributed by atoms with Crippen LogP contribution in [-0.2, 0) is 18.5 Å². The molecular formula is C36H21F9N12. The topological polar surface area (TPSA) is 177 Å². The highest BCUT2D eigenvalue weighted by molar-refractivity contribution is 5.79. The van der Waals surface area contributed by atoms with E-state index in [0.717, 1.165) is 17.2 Å². The maximum atomic E-state index is 13.7. The average Bonchev–Trinajstić information content (AvgIpc) is 3.83. The van der Waals surface area contributed by atoms with Gasteiger partial charge in [0.15, 0.2) is 29.3 Å². The number of hydrogen-bond acceptors (Lipinski definition) is 8. The number of aromatic amines is 3. The highest BCUT2D eigenvalue weighted by atomic mass is 19.4. The highest BCUT2D eigenvalue weighted by Gasteiger charge is 2.44.